The van der Waals surface area contributed by atoms with Crippen molar-refractivity contribution in [2.75, 3.05) is 30.8 Å². The Balaban J connectivity index is 2.42. The van der Waals surface area contributed by atoms with E-state index in [-0.39, 0.29) is 16.9 Å². The number of amides is 1. The van der Waals surface area contributed by atoms with Crippen molar-refractivity contribution >= 4 is 27.9 Å². The summed E-state index contributed by atoms with van der Waals surface area (Å²) in [5.41, 5.74) is 11.4. The molecule has 1 unspecified atom stereocenters. The number of thiophene rings is 1. The zero-order chi connectivity index (χ0) is 14.9. The Morgan fingerprint density at radius 2 is 2.30 bits per heavy atom. The second-order valence-corrected chi connectivity index (χ2v) is 6.18. The molecule has 2 rings (SSSR count). The normalized spacial score (nSPS) is 22.6. The number of carbonyl (C=O) groups excluding carboxylic acids is 1. The van der Waals surface area contributed by atoms with Crippen molar-refractivity contribution in [3.8, 4) is 6.07 Å². The molecule has 0 bridgehead atoms. The van der Waals surface area contributed by atoms with Crippen LogP contribution in [0.2, 0.25) is 0 Å². The van der Waals surface area contributed by atoms with E-state index in [1.54, 1.807) is 7.11 Å². The minimum Gasteiger partial charge on any atom is -0.396 e. The van der Waals surface area contributed by atoms with E-state index in [1.807, 2.05) is 17.9 Å². The predicted octanol–water partition coefficient (Wildman–Crippen LogP) is 1.31. The van der Waals surface area contributed by atoms with Gasteiger partial charge in [-0.1, -0.05) is 0 Å². The van der Waals surface area contributed by atoms with Gasteiger partial charge in [0.05, 0.1) is 16.9 Å². The Bertz CT molecular complexity index is 578. The summed E-state index contributed by atoms with van der Waals surface area (Å²) >= 11 is 1.22. The van der Waals surface area contributed by atoms with E-state index in [9.17, 15) is 4.79 Å². The molecule has 1 fully saturated rings. The Morgan fingerprint density at radius 3 is 2.85 bits per heavy atom. The molecule has 0 radical (unpaired) electrons. The van der Waals surface area contributed by atoms with Crippen molar-refractivity contribution in [3.05, 3.63) is 10.4 Å². The average molecular weight is 294 g/mol. The van der Waals surface area contributed by atoms with Crippen LogP contribution < -0.4 is 16.4 Å². The van der Waals surface area contributed by atoms with Gasteiger partial charge in [0.25, 0.3) is 5.91 Å². The van der Waals surface area contributed by atoms with Gasteiger partial charge in [0.15, 0.2) is 0 Å². The summed E-state index contributed by atoms with van der Waals surface area (Å²) in [6, 6.07) is 2.01. The zero-order valence-electron chi connectivity index (χ0n) is 11.6. The lowest BCUT2D eigenvalue weighted by molar-refractivity contribution is -0.00454. The third kappa shape index (κ3) is 2.44. The molecule has 1 atom stereocenters. The van der Waals surface area contributed by atoms with E-state index >= 15 is 0 Å². The number of hydrogen-bond acceptors (Lipinski definition) is 6. The summed E-state index contributed by atoms with van der Waals surface area (Å²) in [5, 5.41) is 9.75. The first-order valence-electron chi connectivity index (χ1n) is 6.34. The number of nitrogens with two attached hydrogens (primary N) is 2. The minimum atomic E-state index is -0.597. The standard InChI is InChI=1S/C13H18N4O2S/c1-13(19-2)4-3-5-17(7-13)12-9(11(16)18)10(15)8(6-14)20-12/h3-5,7,15H2,1-2H3,(H2,16,18). The van der Waals surface area contributed by atoms with Crippen molar-refractivity contribution in [2.45, 2.75) is 25.4 Å². The highest BCUT2D eigenvalue weighted by atomic mass is 32.1. The van der Waals surface area contributed by atoms with E-state index < -0.39 is 5.91 Å². The van der Waals surface area contributed by atoms with Gasteiger partial charge in [-0.2, -0.15) is 5.26 Å². The highest BCUT2D eigenvalue weighted by Crippen LogP contribution is 2.40. The summed E-state index contributed by atoms with van der Waals surface area (Å²) in [6.07, 6.45) is 1.90. The van der Waals surface area contributed by atoms with Crippen LogP contribution in [0.25, 0.3) is 0 Å². The first-order valence-corrected chi connectivity index (χ1v) is 7.16. The van der Waals surface area contributed by atoms with E-state index in [1.165, 1.54) is 11.3 Å². The van der Waals surface area contributed by atoms with Gasteiger partial charge in [0.2, 0.25) is 0 Å². The highest BCUT2D eigenvalue weighted by molar-refractivity contribution is 7.17. The molecule has 4 N–H and O–H groups in total. The molecule has 1 saturated heterocycles. The van der Waals surface area contributed by atoms with E-state index in [4.69, 9.17) is 21.5 Å². The molecule has 7 heteroatoms. The molecule has 1 aromatic heterocycles. The maximum absolute atomic E-state index is 11.6. The summed E-state index contributed by atoms with van der Waals surface area (Å²) in [5.74, 6) is -0.597. The van der Waals surface area contributed by atoms with Crippen LogP contribution in [-0.4, -0.2) is 31.7 Å². The van der Waals surface area contributed by atoms with Crippen molar-refractivity contribution in [3.63, 3.8) is 0 Å². The SMILES string of the molecule is COC1(C)CCCN(c2sc(C#N)c(N)c2C(N)=O)C1. The van der Waals surface area contributed by atoms with Gasteiger partial charge in [-0.25, -0.2) is 0 Å². The highest BCUT2D eigenvalue weighted by Gasteiger charge is 2.34. The Hall–Kier alpha value is -1.78. The quantitative estimate of drug-likeness (QED) is 0.874. The zero-order valence-corrected chi connectivity index (χ0v) is 12.4. The smallest absolute Gasteiger partial charge is 0.253 e. The van der Waals surface area contributed by atoms with Crippen molar-refractivity contribution < 1.29 is 9.53 Å². The number of methoxy groups -OCH3 is 1. The van der Waals surface area contributed by atoms with Crippen LogP contribution in [0.1, 0.15) is 35.0 Å². The van der Waals surface area contributed by atoms with Crippen LogP contribution in [0.15, 0.2) is 0 Å². The van der Waals surface area contributed by atoms with E-state index in [0.29, 0.717) is 16.4 Å². The van der Waals surface area contributed by atoms with Crippen molar-refractivity contribution in [1.82, 2.24) is 0 Å². The Kier molecular flexibility index (Phi) is 3.88. The second-order valence-electron chi connectivity index (χ2n) is 5.18. The van der Waals surface area contributed by atoms with Crippen LogP contribution in [0.5, 0.6) is 0 Å². The summed E-state index contributed by atoms with van der Waals surface area (Å²) in [6.45, 7) is 3.48. The number of primary amides is 1. The minimum absolute atomic E-state index is 0.185. The summed E-state index contributed by atoms with van der Waals surface area (Å²) in [4.78, 5) is 14.0. The molecule has 0 aromatic carbocycles. The van der Waals surface area contributed by atoms with Crippen LogP contribution in [0, 0.1) is 11.3 Å². The maximum Gasteiger partial charge on any atom is 0.253 e. The molecular weight excluding hydrogens is 276 g/mol. The molecule has 0 saturated carbocycles. The average Bonchev–Trinajstić information content (AvgIpc) is 2.76. The molecule has 6 nitrogen and oxygen atoms in total. The number of piperidine rings is 1. The molecule has 1 amide bonds. The van der Waals surface area contributed by atoms with Gasteiger partial charge in [-0.05, 0) is 19.8 Å². The molecule has 1 aliphatic rings. The summed E-state index contributed by atoms with van der Waals surface area (Å²) in [7, 11) is 1.68. The van der Waals surface area contributed by atoms with Gasteiger partial charge in [-0.3, -0.25) is 4.79 Å². The molecule has 0 spiro atoms. The van der Waals surface area contributed by atoms with Gasteiger partial charge in [0.1, 0.15) is 15.9 Å². The van der Waals surface area contributed by atoms with Crippen molar-refractivity contribution in [1.29, 1.82) is 5.26 Å². The van der Waals surface area contributed by atoms with Crippen LogP contribution in [-0.2, 0) is 4.74 Å². The monoisotopic (exact) mass is 294 g/mol. The molecule has 2 heterocycles. The third-order valence-electron chi connectivity index (χ3n) is 3.71. The lowest BCUT2D eigenvalue weighted by Gasteiger charge is -2.40. The molecule has 0 aliphatic carbocycles. The maximum atomic E-state index is 11.6. The summed E-state index contributed by atoms with van der Waals surface area (Å²) < 4.78 is 5.54. The topological polar surface area (TPSA) is 105 Å². The van der Waals surface area contributed by atoms with Gasteiger partial charge in [-0.15, -0.1) is 11.3 Å². The van der Waals surface area contributed by atoms with Crippen molar-refractivity contribution in [2.24, 2.45) is 5.73 Å². The predicted molar refractivity (Wildman–Crippen MR) is 78.8 cm³/mol. The van der Waals surface area contributed by atoms with Gasteiger partial charge in [0, 0.05) is 20.2 Å². The molecule has 108 valence electrons. The first kappa shape index (κ1) is 14.6. The van der Waals surface area contributed by atoms with E-state index in [0.717, 1.165) is 19.4 Å². The number of nitrogen functional groups attached to an aromatic ring is 1. The fourth-order valence-electron chi connectivity index (χ4n) is 2.52. The lowest BCUT2D eigenvalue weighted by Crippen LogP contribution is -2.47. The van der Waals surface area contributed by atoms with Gasteiger partial charge < -0.3 is 21.1 Å². The Morgan fingerprint density at radius 1 is 1.60 bits per heavy atom. The van der Waals surface area contributed by atoms with E-state index in [2.05, 4.69) is 0 Å². The van der Waals surface area contributed by atoms with Gasteiger partial charge >= 0.3 is 0 Å². The lowest BCUT2D eigenvalue weighted by atomic mass is 9.94. The number of hydrogen-bond donors (Lipinski definition) is 2. The number of ether oxygens (including phenoxy) is 1. The van der Waals surface area contributed by atoms with Crippen LogP contribution in [0.3, 0.4) is 0 Å². The van der Waals surface area contributed by atoms with Crippen LogP contribution >= 0.6 is 11.3 Å². The molecular formula is C13H18N4O2S. The fraction of sp³-hybridized carbons (Fsp3) is 0.538. The fourth-order valence-corrected chi connectivity index (χ4v) is 3.57. The number of rotatable bonds is 3. The Labute approximate surface area is 121 Å². The number of anilines is 2. The number of carbonyl (C=O) groups is 1. The second kappa shape index (κ2) is 5.31. The molecule has 20 heavy (non-hydrogen) atoms. The molecule has 1 aromatic rings. The first-order chi connectivity index (χ1) is 9.41. The molecule has 1 aliphatic heterocycles. The number of nitrogens with zero attached hydrogens (tertiary/aromatic N) is 2. The largest absolute Gasteiger partial charge is 0.396 e. The third-order valence-corrected chi connectivity index (χ3v) is 4.88. The number of nitriles is 1. The van der Waals surface area contributed by atoms with Crippen LogP contribution in [0.4, 0.5) is 10.7 Å².